The third-order valence-electron chi connectivity index (χ3n) is 3.54. The molecule has 0 aliphatic heterocycles. The number of benzene rings is 2. The van der Waals surface area contributed by atoms with Crippen LogP contribution in [0.4, 0.5) is 10.1 Å². The zero-order valence-electron chi connectivity index (χ0n) is 14.2. The van der Waals surface area contributed by atoms with Crippen LogP contribution >= 0.6 is 0 Å². The molecule has 2 aromatic carbocycles. The highest BCUT2D eigenvalue weighted by Gasteiger charge is 2.17. The van der Waals surface area contributed by atoms with Gasteiger partial charge in [-0.3, -0.25) is 9.59 Å². The lowest BCUT2D eigenvalue weighted by atomic mass is 10.1. The second-order valence-electron chi connectivity index (χ2n) is 5.69. The molecule has 0 fully saturated rings. The molecule has 0 bridgehead atoms. The topological polar surface area (TPSA) is 72.5 Å². The molecule has 0 saturated carbocycles. The lowest BCUT2D eigenvalue weighted by molar-refractivity contribution is -0.114. The minimum atomic E-state index is -0.793. The smallest absolute Gasteiger partial charge is 0.338 e. The van der Waals surface area contributed by atoms with Gasteiger partial charge in [-0.05, 0) is 43.7 Å². The molecular formula is C19H18FNO4. The van der Waals surface area contributed by atoms with Gasteiger partial charge in [0.1, 0.15) is 5.82 Å². The van der Waals surface area contributed by atoms with Gasteiger partial charge in [0.2, 0.25) is 11.7 Å². The Labute approximate surface area is 144 Å². The van der Waals surface area contributed by atoms with Crippen LogP contribution in [-0.2, 0) is 9.53 Å². The van der Waals surface area contributed by atoms with Crippen LogP contribution < -0.4 is 5.32 Å². The number of halogens is 1. The van der Waals surface area contributed by atoms with E-state index in [0.717, 1.165) is 17.2 Å². The summed E-state index contributed by atoms with van der Waals surface area (Å²) < 4.78 is 19.0. The van der Waals surface area contributed by atoms with Crippen LogP contribution in [0.3, 0.4) is 0 Å². The van der Waals surface area contributed by atoms with Gasteiger partial charge in [0.05, 0.1) is 11.1 Å². The number of anilines is 1. The summed E-state index contributed by atoms with van der Waals surface area (Å²) in [4.78, 5) is 35.1. The first-order valence-corrected chi connectivity index (χ1v) is 7.62. The first kappa shape index (κ1) is 18.3. The van der Waals surface area contributed by atoms with E-state index in [-0.39, 0.29) is 17.2 Å². The molecule has 130 valence electrons. The van der Waals surface area contributed by atoms with Crippen LogP contribution in [0.25, 0.3) is 0 Å². The molecule has 2 aromatic rings. The third-order valence-corrected chi connectivity index (χ3v) is 3.54. The molecule has 5 nitrogen and oxygen atoms in total. The van der Waals surface area contributed by atoms with Gasteiger partial charge in [0, 0.05) is 12.6 Å². The Balaban J connectivity index is 2.06. The summed E-state index contributed by atoms with van der Waals surface area (Å²) in [6, 6.07) is 9.02. The Bertz CT molecular complexity index is 845. The van der Waals surface area contributed by atoms with Gasteiger partial charge in [-0.1, -0.05) is 17.7 Å². The Morgan fingerprint density at radius 2 is 1.76 bits per heavy atom. The molecule has 1 amide bonds. The molecule has 2 rings (SSSR count). The molecule has 0 saturated heterocycles. The predicted octanol–water partition coefficient (Wildman–Crippen LogP) is 3.44. The molecule has 0 heterocycles. The fourth-order valence-corrected chi connectivity index (χ4v) is 2.26. The van der Waals surface area contributed by atoms with Crippen molar-refractivity contribution in [3.05, 3.63) is 64.5 Å². The van der Waals surface area contributed by atoms with E-state index in [2.05, 4.69) is 5.32 Å². The number of aryl methyl sites for hydroxylation is 2. The maximum absolute atomic E-state index is 14.0. The van der Waals surface area contributed by atoms with Crippen molar-refractivity contribution < 1.29 is 23.5 Å². The summed E-state index contributed by atoms with van der Waals surface area (Å²) in [6.07, 6.45) is 0. The van der Waals surface area contributed by atoms with Crippen molar-refractivity contribution in [2.75, 3.05) is 11.9 Å². The lowest BCUT2D eigenvalue weighted by Gasteiger charge is -2.09. The SMILES string of the molecule is CC(=O)Nc1ccc(C(=O)COC(=O)c2cc(C)ccc2C)c(F)c1. The number of carbonyl (C=O) groups is 3. The Kier molecular flexibility index (Phi) is 5.64. The number of hydrogen-bond donors (Lipinski definition) is 1. The first-order chi connectivity index (χ1) is 11.8. The number of hydrogen-bond acceptors (Lipinski definition) is 4. The zero-order valence-corrected chi connectivity index (χ0v) is 14.2. The van der Waals surface area contributed by atoms with E-state index in [4.69, 9.17) is 4.74 Å². The molecule has 0 unspecified atom stereocenters. The summed E-state index contributed by atoms with van der Waals surface area (Å²) in [5.74, 6) is -2.43. The number of ether oxygens (including phenoxy) is 1. The first-order valence-electron chi connectivity index (χ1n) is 7.62. The van der Waals surface area contributed by atoms with E-state index in [9.17, 15) is 18.8 Å². The van der Waals surface area contributed by atoms with Gasteiger partial charge in [-0.25, -0.2) is 9.18 Å². The minimum absolute atomic E-state index is 0.206. The monoisotopic (exact) mass is 343 g/mol. The number of amides is 1. The second kappa shape index (κ2) is 7.70. The van der Waals surface area contributed by atoms with Crippen LogP contribution in [0.5, 0.6) is 0 Å². The van der Waals surface area contributed by atoms with Crippen molar-refractivity contribution in [3.8, 4) is 0 Å². The van der Waals surface area contributed by atoms with Crippen LogP contribution in [0, 0.1) is 19.7 Å². The van der Waals surface area contributed by atoms with Crippen molar-refractivity contribution >= 4 is 23.3 Å². The van der Waals surface area contributed by atoms with E-state index in [1.54, 1.807) is 19.1 Å². The summed E-state index contributed by atoms with van der Waals surface area (Å²) >= 11 is 0. The van der Waals surface area contributed by atoms with Crippen molar-refractivity contribution in [1.29, 1.82) is 0 Å². The van der Waals surface area contributed by atoms with E-state index >= 15 is 0 Å². The Hall–Kier alpha value is -3.02. The number of nitrogens with one attached hydrogen (secondary N) is 1. The molecule has 1 N–H and O–H groups in total. The van der Waals surface area contributed by atoms with Crippen molar-refractivity contribution in [1.82, 2.24) is 0 Å². The summed E-state index contributed by atoms with van der Waals surface area (Å²) in [5.41, 5.74) is 2.03. The molecule has 0 aliphatic carbocycles. The molecule has 0 spiro atoms. The van der Waals surface area contributed by atoms with Crippen LogP contribution in [0.2, 0.25) is 0 Å². The largest absolute Gasteiger partial charge is 0.454 e. The van der Waals surface area contributed by atoms with E-state index < -0.39 is 24.2 Å². The third kappa shape index (κ3) is 4.73. The molecular weight excluding hydrogens is 325 g/mol. The van der Waals surface area contributed by atoms with Gasteiger partial charge in [-0.2, -0.15) is 0 Å². The number of ketones is 1. The number of rotatable bonds is 5. The van der Waals surface area contributed by atoms with Crippen LogP contribution in [0.15, 0.2) is 36.4 Å². The maximum Gasteiger partial charge on any atom is 0.338 e. The molecule has 0 aromatic heterocycles. The fourth-order valence-electron chi connectivity index (χ4n) is 2.26. The highest BCUT2D eigenvalue weighted by Crippen LogP contribution is 2.16. The van der Waals surface area contributed by atoms with Crippen molar-refractivity contribution in [2.24, 2.45) is 0 Å². The van der Waals surface area contributed by atoms with Gasteiger partial charge in [-0.15, -0.1) is 0 Å². The predicted molar refractivity (Wildman–Crippen MR) is 91.2 cm³/mol. The van der Waals surface area contributed by atoms with Gasteiger partial charge in [0.25, 0.3) is 0 Å². The van der Waals surface area contributed by atoms with Gasteiger partial charge in [0.15, 0.2) is 6.61 Å². The molecule has 0 atom stereocenters. The Morgan fingerprint density at radius 1 is 1.04 bits per heavy atom. The van der Waals surface area contributed by atoms with Crippen molar-refractivity contribution in [3.63, 3.8) is 0 Å². The fraction of sp³-hybridized carbons (Fsp3) is 0.211. The van der Waals surface area contributed by atoms with E-state index in [0.29, 0.717) is 5.56 Å². The average Bonchev–Trinajstić information content (AvgIpc) is 2.54. The average molecular weight is 343 g/mol. The van der Waals surface area contributed by atoms with Gasteiger partial charge >= 0.3 is 5.97 Å². The molecule has 0 aliphatic rings. The number of Topliss-reactive ketones (excluding diaryl/α,β-unsaturated/α-hetero) is 1. The van der Waals surface area contributed by atoms with Crippen LogP contribution in [0.1, 0.15) is 38.8 Å². The summed E-state index contributed by atoms with van der Waals surface area (Å²) in [6.45, 7) is 4.33. The molecule has 25 heavy (non-hydrogen) atoms. The highest BCUT2D eigenvalue weighted by molar-refractivity contribution is 6.00. The van der Waals surface area contributed by atoms with E-state index in [1.165, 1.54) is 19.1 Å². The standard InChI is InChI=1S/C19H18FNO4/c1-11-4-5-12(2)16(8-11)19(24)25-10-18(23)15-7-6-14(9-17(15)20)21-13(3)22/h4-9H,10H2,1-3H3,(H,21,22). The van der Waals surface area contributed by atoms with Gasteiger partial charge < -0.3 is 10.1 Å². The van der Waals surface area contributed by atoms with E-state index in [1.807, 2.05) is 13.0 Å². The number of carbonyl (C=O) groups excluding carboxylic acids is 3. The molecule has 0 radical (unpaired) electrons. The maximum atomic E-state index is 14.0. The van der Waals surface area contributed by atoms with Crippen LogP contribution in [-0.4, -0.2) is 24.3 Å². The minimum Gasteiger partial charge on any atom is -0.454 e. The normalized spacial score (nSPS) is 10.2. The lowest BCUT2D eigenvalue weighted by Crippen LogP contribution is -2.16. The quantitative estimate of drug-likeness (QED) is 0.667. The number of esters is 1. The summed E-state index contributed by atoms with van der Waals surface area (Å²) in [5, 5.41) is 2.42. The summed E-state index contributed by atoms with van der Waals surface area (Å²) in [7, 11) is 0. The molecule has 6 heteroatoms. The zero-order chi connectivity index (χ0) is 18.6. The Morgan fingerprint density at radius 3 is 2.40 bits per heavy atom. The van der Waals surface area contributed by atoms with Crippen molar-refractivity contribution in [2.45, 2.75) is 20.8 Å². The second-order valence-corrected chi connectivity index (χ2v) is 5.69. The highest BCUT2D eigenvalue weighted by atomic mass is 19.1.